The van der Waals surface area contributed by atoms with Gasteiger partial charge in [0.15, 0.2) is 17.9 Å². The van der Waals surface area contributed by atoms with Crippen LogP contribution in [0.25, 0.3) is 0 Å². The molecule has 3 amide bonds. The summed E-state index contributed by atoms with van der Waals surface area (Å²) in [6.07, 6.45) is -4.12. The molecule has 3 fully saturated rings. The summed E-state index contributed by atoms with van der Waals surface area (Å²) in [5.41, 5.74) is -0.535. The molecule has 1 N–H and O–H groups in total. The summed E-state index contributed by atoms with van der Waals surface area (Å²) < 4.78 is 59.2. The lowest BCUT2D eigenvalue weighted by atomic mass is 10.2. The third-order valence-corrected chi connectivity index (χ3v) is 5.30. The number of carbonyl (C=O) groups is 3. The molecule has 174 valence electrons. The van der Waals surface area contributed by atoms with Crippen LogP contribution in [0.1, 0.15) is 12.8 Å². The Morgan fingerprint density at radius 1 is 1.09 bits per heavy atom. The summed E-state index contributed by atoms with van der Waals surface area (Å²) in [5, 5.41) is 3.05. The third kappa shape index (κ3) is 4.56. The van der Waals surface area contributed by atoms with Crippen molar-refractivity contribution in [1.82, 2.24) is 10.4 Å². The molecule has 3 aliphatic rings. The second kappa shape index (κ2) is 8.81. The smallest absolute Gasteiger partial charge is 0.416 e. The van der Waals surface area contributed by atoms with E-state index < -0.39 is 42.8 Å². The molecule has 4 rings (SSSR count). The Bertz CT molecular complexity index is 906. The van der Waals surface area contributed by atoms with Crippen molar-refractivity contribution in [3.8, 4) is 0 Å². The number of nitrogens with zero attached hydrogens (tertiary/aromatic N) is 3. The van der Waals surface area contributed by atoms with Crippen LogP contribution in [0.5, 0.6) is 0 Å². The van der Waals surface area contributed by atoms with E-state index in [0.29, 0.717) is 0 Å². The minimum Gasteiger partial charge on any atom is -0.423 e. The lowest BCUT2D eigenvalue weighted by Gasteiger charge is -2.24. The summed E-state index contributed by atoms with van der Waals surface area (Å²) in [4.78, 5) is 42.9. The summed E-state index contributed by atoms with van der Waals surface area (Å²) in [6, 6.07) is 1.83. The van der Waals surface area contributed by atoms with E-state index in [1.165, 1.54) is 9.96 Å². The Morgan fingerprint density at radius 3 is 2.41 bits per heavy atom. The molecule has 32 heavy (non-hydrogen) atoms. The lowest BCUT2D eigenvalue weighted by Crippen LogP contribution is -2.41. The fourth-order valence-corrected chi connectivity index (χ4v) is 3.56. The summed E-state index contributed by atoms with van der Waals surface area (Å²) >= 11 is 0. The molecule has 2 aliphatic heterocycles. The normalized spacial score (nSPS) is 21.6. The second-order valence-corrected chi connectivity index (χ2v) is 7.59. The largest absolute Gasteiger partial charge is 0.423 e. The van der Waals surface area contributed by atoms with Crippen molar-refractivity contribution in [2.24, 2.45) is 5.92 Å². The van der Waals surface area contributed by atoms with E-state index in [2.05, 4.69) is 0 Å². The Kier molecular flexibility index (Phi) is 6.09. The number of hydrogen-bond donors (Lipinski definition) is 1. The zero-order chi connectivity index (χ0) is 23.0. The monoisotopic (exact) mass is 460 g/mol. The zero-order valence-electron chi connectivity index (χ0n) is 16.7. The quantitative estimate of drug-likeness (QED) is 0.672. The van der Waals surface area contributed by atoms with Gasteiger partial charge in [-0.15, -0.1) is 0 Å². The van der Waals surface area contributed by atoms with Crippen LogP contribution in [0.3, 0.4) is 0 Å². The van der Waals surface area contributed by atoms with Crippen molar-refractivity contribution in [3.63, 3.8) is 0 Å². The first-order valence-electron chi connectivity index (χ1n) is 9.99. The molecule has 2 saturated heterocycles. The first-order chi connectivity index (χ1) is 15.2. The van der Waals surface area contributed by atoms with E-state index in [9.17, 15) is 31.9 Å². The Balaban J connectivity index is 1.46. The Labute approximate surface area is 179 Å². The van der Waals surface area contributed by atoms with Gasteiger partial charge in [0.2, 0.25) is 5.91 Å². The van der Waals surface area contributed by atoms with Gasteiger partial charge >= 0.3 is 12.5 Å². The maximum atomic E-state index is 14.9. The average molecular weight is 460 g/mol. The number of benzene rings is 1. The Hall–Kier alpha value is -3.09. The molecule has 1 aromatic carbocycles. The highest BCUT2D eigenvalue weighted by Crippen LogP contribution is 2.33. The van der Waals surface area contributed by atoms with Crippen molar-refractivity contribution < 1.29 is 41.5 Å². The number of ether oxygens (including phenoxy) is 1. The number of rotatable bonds is 5. The van der Waals surface area contributed by atoms with Crippen molar-refractivity contribution in [1.29, 1.82) is 0 Å². The van der Waals surface area contributed by atoms with Gasteiger partial charge in [-0.1, -0.05) is 0 Å². The minimum absolute atomic E-state index is 0.0520. The number of hydroxylamine groups is 2. The summed E-state index contributed by atoms with van der Waals surface area (Å²) in [6.45, 7) is 0.0720. The molecular formula is C19H20F4N4O5. The van der Waals surface area contributed by atoms with E-state index in [1.807, 2.05) is 5.32 Å². The number of alkyl halides is 2. The molecule has 13 heteroatoms. The van der Waals surface area contributed by atoms with Gasteiger partial charge in [-0.2, -0.15) is 8.78 Å². The summed E-state index contributed by atoms with van der Waals surface area (Å²) in [5.74, 6) is -3.74. The fraction of sp³-hybridized carbons (Fsp3) is 0.526. The first kappa shape index (κ1) is 22.1. The first-order valence-corrected chi connectivity index (χ1v) is 9.99. The van der Waals surface area contributed by atoms with Gasteiger partial charge in [-0.3, -0.25) is 19.3 Å². The molecule has 9 nitrogen and oxygen atoms in total. The van der Waals surface area contributed by atoms with Gasteiger partial charge in [0, 0.05) is 31.1 Å². The number of nitrogens with one attached hydrogen (secondary N) is 1. The average Bonchev–Trinajstić information content (AvgIpc) is 3.54. The maximum absolute atomic E-state index is 14.9. The van der Waals surface area contributed by atoms with Crippen LogP contribution in [0.15, 0.2) is 12.1 Å². The van der Waals surface area contributed by atoms with Crippen LogP contribution in [0, 0.1) is 17.6 Å². The zero-order valence-corrected chi connectivity index (χ0v) is 16.7. The number of anilines is 2. The van der Waals surface area contributed by atoms with E-state index in [0.717, 1.165) is 29.9 Å². The van der Waals surface area contributed by atoms with Crippen LogP contribution in [0.2, 0.25) is 0 Å². The SMILES string of the molecule is O=C(NC1CN(c2cc(F)c(N3CCON(C(=O)C4CC4)CC3)c(F)c2)C(=O)O1)C(F)F. The van der Waals surface area contributed by atoms with Gasteiger partial charge in [0.25, 0.3) is 5.91 Å². The number of hydrogen-bond acceptors (Lipinski definition) is 6. The molecule has 0 radical (unpaired) electrons. The molecule has 0 spiro atoms. The van der Waals surface area contributed by atoms with Crippen LogP contribution in [-0.4, -0.2) is 68.4 Å². The molecule has 1 unspecified atom stereocenters. The van der Waals surface area contributed by atoms with E-state index in [4.69, 9.17) is 9.57 Å². The van der Waals surface area contributed by atoms with Gasteiger partial charge in [-0.25, -0.2) is 18.6 Å². The standard InChI is InChI=1S/C19H20F4N4O5/c20-12-7-11(26-9-14(32-19(26)30)24-17(28)16(22)23)8-13(21)15(12)25-3-4-27(31-6-5-25)18(29)10-1-2-10/h7-8,10,14,16H,1-6,9H2,(H,24,28). The van der Waals surface area contributed by atoms with Gasteiger partial charge in [0.05, 0.1) is 25.4 Å². The number of halogens is 4. The van der Waals surface area contributed by atoms with Crippen molar-refractivity contribution in [2.75, 3.05) is 42.6 Å². The molecule has 1 aliphatic carbocycles. The molecular weight excluding hydrogens is 440 g/mol. The molecule has 2 heterocycles. The predicted molar refractivity (Wildman–Crippen MR) is 101 cm³/mol. The molecule has 1 aromatic rings. The van der Waals surface area contributed by atoms with Crippen molar-refractivity contribution in [2.45, 2.75) is 25.5 Å². The number of cyclic esters (lactones) is 1. The second-order valence-electron chi connectivity index (χ2n) is 7.59. The molecule has 0 aromatic heterocycles. The third-order valence-electron chi connectivity index (χ3n) is 5.30. The minimum atomic E-state index is -3.30. The van der Waals surface area contributed by atoms with Gasteiger partial charge in [0.1, 0.15) is 5.69 Å². The summed E-state index contributed by atoms with van der Waals surface area (Å²) in [7, 11) is 0. The number of amides is 3. The molecule has 1 saturated carbocycles. The lowest BCUT2D eigenvalue weighted by molar-refractivity contribution is -0.183. The molecule has 1 atom stereocenters. The predicted octanol–water partition coefficient (Wildman–Crippen LogP) is 1.62. The van der Waals surface area contributed by atoms with Crippen molar-refractivity contribution in [3.05, 3.63) is 23.8 Å². The van der Waals surface area contributed by atoms with Crippen LogP contribution in [0.4, 0.5) is 33.7 Å². The Morgan fingerprint density at radius 2 is 1.78 bits per heavy atom. The van der Waals surface area contributed by atoms with Crippen LogP contribution < -0.4 is 15.1 Å². The van der Waals surface area contributed by atoms with Crippen LogP contribution >= 0.6 is 0 Å². The van der Waals surface area contributed by atoms with Gasteiger partial charge in [-0.05, 0) is 12.8 Å². The maximum Gasteiger partial charge on any atom is 0.416 e. The fourth-order valence-electron chi connectivity index (χ4n) is 3.56. The van der Waals surface area contributed by atoms with Crippen molar-refractivity contribution >= 4 is 29.3 Å². The highest BCUT2D eigenvalue weighted by molar-refractivity contribution is 5.91. The highest BCUT2D eigenvalue weighted by Gasteiger charge is 2.37. The number of carbonyl (C=O) groups excluding carboxylic acids is 3. The molecule has 0 bridgehead atoms. The van der Waals surface area contributed by atoms with Gasteiger partial charge < -0.3 is 15.0 Å². The highest BCUT2D eigenvalue weighted by atomic mass is 19.3. The van der Waals surface area contributed by atoms with E-state index in [-0.39, 0.29) is 49.4 Å². The van der Waals surface area contributed by atoms with E-state index >= 15 is 0 Å². The van der Waals surface area contributed by atoms with E-state index in [1.54, 1.807) is 0 Å². The topological polar surface area (TPSA) is 91.4 Å². The van der Waals surface area contributed by atoms with Crippen LogP contribution in [-0.2, 0) is 19.2 Å².